The molecule has 202 valence electrons. The van der Waals surface area contributed by atoms with Crippen molar-refractivity contribution in [2.45, 2.75) is 26.7 Å². The maximum Gasteiger partial charge on any atom is 0.310 e. The van der Waals surface area contributed by atoms with Gasteiger partial charge >= 0.3 is 11.9 Å². The molecule has 0 aliphatic rings. The predicted octanol–water partition coefficient (Wildman–Crippen LogP) is 6.33. The maximum atomic E-state index is 11.6. The van der Waals surface area contributed by atoms with Crippen LogP contribution < -0.4 is 9.47 Å². The number of esters is 2. The highest BCUT2D eigenvalue weighted by Gasteiger charge is 2.13. The van der Waals surface area contributed by atoms with Crippen LogP contribution in [0.15, 0.2) is 65.6 Å². The molecule has 0 aliphatic heterocycles. The topological polar surface area (TPSA) is 88.1 Å². The summed E-state index contributed by atoms with van der Waals surface area (Å²) in [5, 5.41) is 2.24. The smallest absolute Gasteiger partial charge is 0.310 e. The Hall–Kier alpha value is -3.62. The number of halogens is 1. The second-order valence-electron chi connectivity index (χ2n) is 7.65. The number of ether oxygens (including phenoxy) is 4. The van der Waals surface area contributed by atoms with Crippen molar-refractivity contribution < 1.29 is 33.3 Å². The first-order valence-electron chi connectivity index (χ1n) is 11.9. The van der Waals surface area contributed by atoms with E-state index in [1.807, 2.05) is 42.6 Å². The van der Waals surface area contributed by atoms with Crippen molar-refractivity contribution in [1.82, 2.24) is 0 Å². The minimum Gasteiger partial charge on any atom is -0.497 e. The number of benzene rings is 2. The molecule has 0 aliphatic carbocycles. The number of thiophene rings is 1. The van der Waals surface area contributed by atoms with Crippen LogP contribution in [0.3, 0.4) is 0 Å². The van der Waals surface area contributed by atoms with Crippen LogP contribution in [0.5, 0.6) is 11.5 Å². The van der Waals surface area contributed by atoms with Crippen molar-refractivity contribution in [2.75, 3.05) is 27.4 Å². The minimum absolute atomic E-state index is 0.137. The summed E-state index contributed by atoms with van der Waals surface area (Å²) < 4.78 is 19.9. The summed E-state index contributed by atoms with van der Waals surface area (Å²) >= 11 is 7.74. The zero-order valence-electron chi connectivity index (χ0n) is 21.8. The second kappa shape index (κ2) is 16.3. The molecule has 3 rings (SSSR count). The van der Waals surface area contributed by atoms with Gasteiger partial charge in [0.2, 0.25) is 0 Å². The molecular formula is C29H31ClO7S. The van der Waals surface area contributed by atoms with Gasteiger partial charge in [-0.15, -0.1) is 11.3 Å². The molecule has 2 aromatic carbocycles. The third kappa shape index (κ3) is 9.36. The monoisotopic (exact) mass is 558 g/mol. The van der Waals surface area contributed by atoms with E-state index in [2.05, 4.69) is 0 Å². The van der Waals surface area contributed by atoms with Crippen molar-refractivity contribution in [3.63, 3.8) is 0 Å². The van der Waals surface area contributed by atoms with E-state index in [4.69, 9.17) is 30.5 Å². The van der Waals surface area contributed by atoms with Crippen LogP contribution in [0.25, 0.3) is 15.5 Å². The number of rotatable bonds is 11. The van der Waals surface area contributed by atoms with Crippen molar-refractivity contribution in [2.24, 2.45) is 0 Å². The molecule has 9 heteroatoms. The van der Waals surface area contributed by atoms with E-state index in [-0.39, 0.29) is 29.6 Å². The fourth-order valence-corrected chi connectivity index (χ4v) is 4.47. The van der Waals surface area contributed by atoms with Gasteiger partial charge in [0.25, 0.3) is 0 Å². The Kier molecular flexibility index (Phi) is 13.1. The number of carbonyl (C=O) groups is 3. The Labute approximate surface area is 231 Å². The van der Waals surface area contributed by atoms with Gasteiger partial charge in [0.05, 0.1) is 45.3 Å². The Balaban J connectivity index is 0.000000267. The molecule has 7 nitrogen and oxygen atoms in total. The van der Waals surface area contributed by atoms with Crippen LogP contribution in [-0.2, 0) is 30.3 Å². The maximum absolute atomic E-state index is 11.6. The van der Waals surface area contributed by atoms with Crippen molar-refractivity contribution >= 4 is 46.2 Å². The second-order valence-corrected chi connectivity index (χ2v) is 8.95. The first kappa shape index (κ1) is 30.6. The summed E-state index contributed by atoms with van der Waals surface area (Å²) in [6.45, 7) is 4.20. The molecule has 0 unspecified atom stereocenters. The SMILES string of the molecule is CCOC(=O)C/C(C=O)=C(\Cl)c1ccc(OC)cc1.CCOC(=O)Cc1ccsc1-c1ccc(OC)cc1. The molecule has 0 saturated heterocycles. The molecule has 0 bridgehead atoms. The normalized spacial score (nSPS) is 10.9. The molecule has 38 heavy (non-hydrogen) atoms. The molecule has 0 fully saturated rings. The van der Waals surface area contributed by atoms with Gasteiger partial charge in [-0.25, -0.2) is 0 Å². The van der Waals surface area contributed by atoms with E-state index < -0.39 is 5.97 Å². The first-order valence-corrected chi connectivity index (χ1v) is 13.1. The summed E-state index contributed by atoms with van der Waals surface area (Å²) in [6.07, 6.45) is 0.754. The average molecular weight is 559 g/mol. The Morgan fingerprint density at radius 2 is 1.39 bits per heavy atom. The number of hydrogen-bond acceptors (Lipinski definition) is 8. The molecule has 0 atom stereocenters. The largest absolute Gasteiger partial charge is 0.497 e. The zero-order chi connectivity index (χ0) is 27.9. The van der Waals surface area contributed by atoms with Crippen LogP contribution in [0.1, 0.15) is 31.4 Å². The van der Waals surface area contributed by atoms with Gasteiger partial charge < -0.3 is 18.9 Å². The summed E-state index contributed by atoms with van der Waals surface area (Å²) in [7, 11) is 3.20. The van der Waals surface area contributed by atoms with Gasteiger partial charge in [-0.1, -0.05) is 11.6 Å². The van der Waals surface area contributed by atoms with E-state index in [0.29, 0.717) is 30.6 Å². The molecule has 0 radical (unpaired) electrons. The Morgan fingerprint density at radius 3 is 1.92 bits per heavy atom. The van der Waals surface area contributed by atoms with Crippen LogP contribution in [0.4, 0.5) is 0 Å². The number of hydrogen-bond donors (Lipinski definition) is 0. The fourth-order valence-electron chi connectivity index (χ4n) is 3.30. The van der Waals surface area contributed by atoms with Crippen LogP contribution in [0.2, 0.25) is 0 Å². The van der Waals surface area contributed by atoms with Gasteiger partial charge in [0.1, 0.15) is 17.8 Å². The minimum atomic E-state index is -0.476. The Bertz CT molecular complexity index is 1210. The van der Waals surface area contributed by atoms with Crippen molar-refractivity contribution in [3.8, 4) is 21.9 Å². The van der Waals surface area contributed by atoms with Crippen molar-refractivity contribution in [1.29, 1.82) is 0 Å². The van der Waals surface area contributed by atoms with Gasteiger partial charge in [-0.05, 0) is 90.5 Å². The lowest BCUT2D eigenvalue weighted by molar-refractivity contribution is -0.143. The highest BCUT2D eigenvalue weighted by Crippen LogP contribution is 2.31. The molecule has 1 aromatic heterocycles. The fraction of sp³-hybridized carbons (Fsp3) is 0.276. The lowest BCUT2D eigenvalue weighted by Crippen LogP contribution is -2.07. The lowest BCUT2D eigenvalue weighted by atomic mass is 10.1. The highest BCUT2D eigenvalue weighted by atomic mass is 35.5. The molecule has 1 heterocycles. The number of aldehydes is 1. The number of methoxy groups -OCH3 is 2. The van der Waals surface area contributed by atoms with Crippen LogP contribution in [0, 0.1) is 0 Å². The van der Waals surface area contributed by atoms with E-state index in [9.17, 15) is 14.4 Å². The summed E-state index contributed by atoms with van der Waals surface area (Å²) in [6, 6.07) is 16.7. The zero-order valence-corrected chi connectivity index (χ0v) is 23.4. The van der Waals surface area contributed by atoms with E-state index in [1.54, 1.807) is 56.7 Å². The van der Waals surface area contributed by atoms with Gasteiger partial charge in [0.15, 0.2) is 0 Å². The molecule has 0 N–H and O–H groups in total. The van der Waals surface area contributed by atoms with E-state index in [1.165, 1.54) is 0 Å². The quantitative estimate of drug-likeness (QED) is 0.154. The van der Waals surface area contributed by atoms with Crippen molar-refractivity contribution in [3.05, 3.63) is 76.7 Å². The predicted molar refractivity (Wildman–Crippen MR) is 150 cm³/mol. The van der Waals surface area contributed by atoms with Gasteiger partial charge in [-0.3, -0.25) is 14.4 Å². The Morgan fingerprint density at radius 1 is 0.842 bits per heavy atom. The molecule has 3 aromatic rings. The first-order chi connectivity index (χ1) is 18.4. The van der Waals surface area contributed by atoms with Crippen LogP contribution >= 0.6 is 22.9 Å². The lowest BCUT2D eigenvalue weighted by Gasteiger charge is -2.06. The molecule has 0 spiro atoms. The molecule has 0 amide bonds. The summed E-state index contributed by atoms with van der Waals surface area (Å²) in [5.74, 6) is 0.852. The van der Waals surface area contributed by atoms with Gasteiger partial charge in [-0.2, -0.15) is 0 Å². The van der Waals surface area contributed by atoms with E-state index in [0.717, 1.165) is 21.8 Å². The summed E-state index contributed by atoms with van der Waals surface area (Å²) in [4.78, 5) is 35.0. The summed E-state index contributed by atoms with van der Waals surface area (Å²) in [5.41, 5.74) is 2.95. The third-order valence-electron chi connectivity index (χ3n) is 5.15. The third-order valence-corrected chi connectivity index (χ3v) is 6.61. The molecular weight excluding hydrogens is 528 g/mol. The van der Waals surface area contributed by atoms with Crippen LogP contribution in [-0.4, -0.2) is 45.7 Å². The highest BCUT2D eigenvalue weighted by molar-refractivity contribution is 7.13. The number of carbonyl (C=O) groups excluding carboxylic acids is 3. The van der Waals surface area contributed by atoms with E-state index >= 15 is 0 Å². The molecule has 0 saturated carbocycles. The van der Waals surface area contributed by atoms with Gasteiger partial charge in [0, 0.05) is 10.5 Å². The average Bonchev–Trinajstić information content (AvgIpc) is 3.40. The standard InChI is InChI=1S/C15H16O3S.C14H15ClO4/c1-3-18-14(16)10-12-8-9-19-15(12)11-4-6-13(17-2)7-5-11;1-3-19-13(17)8-11(9-16)14(15)10-4-6-12(18-2)7-5-10/h4-9H,3,10H2,1-2H3;4-7,9H,3,8H2,1-2H3/b;14-11+.